The van der Waals surface area contributed by atoms with E-state index in [1.807, 2.05) is 13.8 Å². The van der Waals surface area contributed by atoms with E-state index in [9.17, 15) is 4.79 Å². The lowest BCUT2D eigenvalue weighted by atomic mass is 10.0. The molecule has 0 aliphatic heterocycles. The standard InChI is InChI=1S/C10H18O/c1-4-5-6-7-10(8-11)9(2)3/h7-9H,4-6H2,1-3H3/b10-7-. The minimum absolute atomic E-state index is 0.379. The number of allylic oxidation sites excluding steroid dienone is 2. The molecule has 1 nitrogen and oxygen atoms in total. The van der Waals surface area contributed by atoms with Crippen LogP contribution in [-0.4, -0.2) is 6.29 Å². The van der Waals surface area contributed by atoms with Gasteiger partial charge in [0.1, 0.15) is 6.29 Å². The van der Waals surface area contributed by atoms with Gasteiger partial charge in [-0.15, -0.1) is 0 Å². The van der Waals surface area contributed by atoms with Crippen molar-refractivity contribution < 1.29 is 4.79 Å². The van der Waals surface area contributed by atoms with E-state index >= 15 is 0 Å². The van der Waals surface area contributed by atoms with Crippen molar-refractivity contribution in [2.24, 2.45) is 5.92 Å². The van der Waals surface area contributed by atoms with Gasteiger partial charge in [0, 0.05) is 0 Å². The second-order valence-corrected chi connectivity index (χ2v) is 3.12. The van der Waals surface area contributed by atoms with Crippen LogP contribution in [-0.2, 0) is 4.79 Å². The van der Waals surface area contributed by atoms with E-state index in [2.05, 4.69) is 13.0 Å². The summed E-state index contributed by atoms with van der Waals surface area (Å²) in [6.07, 6.45) is 6.45. The molecule has 0 saturated carbocycles. The van der Waals surface area contributed by atoms with E-state index in [-0.39, 0.29) is 0 Å². The first-order valence-corrected chi connectivity index (χ1v) is 4.37. The van der Waals surface area contributed by atoms with E-state index in [0.29, 0.717) is 5.92 Å². The van der Waals surface area contributed by atoms with Crippen LogP contribution in [0.2, 0.25) is 0 Å². The van der Waals surface area contributed by atoms with Gasteiger partial charge in [0.15, 0.2) is 0 Å². The zero-order valence-corrected chi connectivity index (χ0v) is 7.76. The van der Waals surface area contributed by atoms with Crippen molar-refractivity contribution in [2.45, 2.75) is 40.0 Å². The van der Waals surface area contributed by atoms with Crippen molar-refractivity contribution >= 4 is 6.29 Å². The Balaban J connectivity index is 3.81. The second kappa shape index (κ2) is 6.14. The summed E-state index contributed by atoms with van der Waals surface area (Å²) in [5.41, 5.74) is 0.943. The highest BCUT2D eigenvalue weighted by Crippen LogP contribution is 2.08. The summed E-state index contributed by atoms with van der Waals surface area (Å²) in [6.45, 7) is 6.25. The number of hydrogen-bond donors (Lipinski definition) is 0. The summed E-state index contributed by atoms with van der Waals surface area (Å²) in [5.74, 6) is 0.379. The molecule has 0 aliphatic carbocycles. The van der Waals surface area contributed by atoms with Crippen molar-refractivity contribution in [3.05, 3.63) is 11.6 Å². The van der Waals surface area contributed by atoms with Crippen molar-refractivity contribution in [2.75, 3.05) is 0 Å². The van der Waals surface area contributed by atoms with Crippen molar-refractivity contribution in [3.8, 4) is 0 Å². The molecule has 0 fully saturated rings. The predicted molar refractivity (Wildman–Crippen MR) is 48.5 cm³/mol. The molecule has 0 aromatic heterocycles. The molecule has 0 radical (unpaired) electrons. The lowest BCUT2D eigenvalue weighted by molar-refractivity contribution is -0.105. The smallest absolute Gasteiger partial charge is 0.145 e. The number of unbranched alkanes of at least 4 members (excludes halogenated alkanes) is 2. The maximum Gasteiger partial charge on any atom is 0.145 e. The lowest BCUT2D eigenvalue weighted by Crippen LogP contribution is -1.94. The lowest BCUT2D eigenvalue weighted by Gasteiger charge is -2.02. The summed E-state index contributed by atoms with van der Waals surface area (Å²) in [7, 11) is 0. The van der Waals surface area contributed by atoms with Gasteiger partial charge in [-0.3, -0.25) is 4.79 Å². The molecule has 0 aliphatic rings. The molecule has 0 saturated heterocycles. The predicted octanol–water partition coefficient (Wildman–Crippen LogP) is 2.96. The Labute approximate surface area is 69.5 Å². The normalized spacial score (nSPS) is 12.2. The SMILES string of the molecule is CCCC/C=C(/C=O)C(C)C. The summed E-state index contributed by atoms with van der Waals surface area (Å²) < 4.78 is 0. The minimum atomic E-state index is 0.379. The Bertz CT molecular complexity index is 134. The summed E-state index contributed by atoms with van der Waals surface area (Å²) >= 11 is 0. The van der Waals surface area contributed by atoms with Gasteiger partial charge < -0.3 is 0 Å². The number of carbonyl (C=O) groups excluding carboxylic acids is 1. The molecule has 0 heterocycles. The molecule has 64 valence electrons. The van der Waals surface area contributed by atoms with Crippen LogP contribution in [0.1, 0.15) is 40.0 Å². The third kappa shape index (κ3) is 4.77. The fourth-order valence-electron chi connectivity index (χ4n) is 0.893. The largest absolute Gasteiger partial charge is 0.298 e. The van der Waals surface area contributed by atoms with Crippen molar-refractivity contribution in [3.63, 3.8) is 0 Å². The molecule has 0 bridgehead atoms. The van der Waals surface area contributed by atoms with Gasteiger partial charge in [0.2, 0.25) is 0 Å². The highest BCUT2D eigenvalue weighted by atomic mass is 16.1. The molecule has 0 N–H and O–H groups in total. The maximum absolute atomic E-state index is 10.5. The van der Waals surface area contributed by atoms with E-state index in [4.69, 9.17) is 0 Å². The zero-order valence-electron chi connectivity index (χ0n) is 7.76. The highest BCUT2D eigenvalue weighted by molar-refractivity contribution is 5.73. The molecular weight excluding hydrogens is 136 g/mol. The minimum Gasteiger partial charge on any atom is -0.298 e. The van der Waals surface area contributed by atoms with Crippen LogP contribution in [0.25, 0.3) is 0 Å². The topological polar surface area (TPSA) is 17.1 Å². The number of aldehydes is 1. The van der Waals surface area contributed by atoms with E-state index in [1.54, 1.807) is 0 Å². The average molecular weight is 154 g/mol. The molecule has 11 heavy (non-hydrogen) atoms. The van der Waals surface area contributed by atoms with Gasteiger partial charge in [0.25, 0.3) is 0 Å². The first-order valence-electron chi connectivity index (χ1n) is 4.37. The Morgan fingerprint density at radius 2 is 2.09 bits per heavy atom. The summed E-state index contributed by atoms with van der Waals surface area (Å²) in [4.78, 5) is 10.5. The molecule has 0 rings (SSSR count). The van der Waals surface area contributed by atoms with Crippen molar-refractivity contribution in [1.82, 2.24) is 0 Å². The summed E-state index contributed by atoms with van der Waals surface area (Å²) in [5, 5.41) is 0. The average Bonchev–Trinajstić information content (AvgIpc) is 1.97. The van der Waals surface area contributed by atoms with Crippen LogP contribution < -0.4 is 0 Å². The van der Waals surface area contributed by atoms with E-state index in [1.165, 1.54) is 12.8 Å². The molecule has 0 aromatic rings. The van der Waals surface area contributed by atoms with Gasteiger partial charge in [0.05, 0.1) is 0 Å². The third-order valence-corrected chi connectivity index (χ3v) is 1.74. The van der Waals surface area contributed by atoms with Crippen molar-refractivity contribution in [1.29, 1.82) is 0 Å². The Morgan fingerprint density at radius 3 is 2.45 bits per heavy atom. The fraction of sp³-hybridized carbons (Fsp3) is 0.700. The fourth-order valence-corrected chi connectivity index (χ4v) is 0.893. The first kappa shape index (κ1) is 10.4. The quantitative estimate of drug-likeness (QED) is 0.338. The maximum atomic E-state index is 10.5. The third-order valence-electron chi connectivity index (χ3n) is 1.74. The number of rotatable bonds is 5. The molecule has 0 amide bonds. The first-order chi connectivity index (χ1) is 5.22. The second-order valence-electron chi connectivity index (χ2n) is 3.12. The Hall–Kier alpha value is -0.590. The summed E-state index contributed by atoms with van der Waals surface area (Å²) in [6, 6.07) is 0. The van der Waals surface area contributed by atoms with Gasteiger partial charge >= 0.3 is 0 Å². The molecule has 0 aromatic carbocycles. The van der Waals surface area contributed by atoms with Crippen LogP contribution in [0.5, 0.6) is 0 Å². The Morgan fingerprint density at radius 1 is 1.45 bits per heavy atom. The highest BCUT2D eigenvalue weighted by Gasteiger charge is 1.99. The van der Waals surface area contributed by atoms with Crippen LogP contribution in [0.3, 0.4) is 0 Å². The number of hydrogen-bond acceptors (Lipinski definition) is 1. The zero-order chi connectivity index (χ0) is 8.69. The monoisotopic (exact) mass is 154 g/mol. The number of carbonyl (C=O) groups is 1. The molecule has 1 heteroatoms. The van der Waals surface area contributed by atoms with Gasteiger partial charge in [-0.25, -0.2) is 0 Å². The van der Waals surface area contributed by atoms with Crippen LogP contribution >= 0.6 is 0 Å². The molecule has 0 spiro atoms. The van der Waals surface area contributed by atoms with Crippen LogP contribution in [0.15, 0.2) is 11.6 Å². The molecule has 0 atom stereocenters. The molecular formula is C10H18O. The van der Waals surface area contributed by atoms with Gasteiger partial charge in [-0.1, -0.05) is 39.7 Å². The van der Waals surface area contributed by atoms with Crippen LogP contribution in [0.4, 0.5) is 0 Å². The van der Waals surface area contributed by atoms with Gasteiger partial charge in [-0.2, -0.15) is 0 Å². The van der Waals surface area contributed by atoms with E-state index < -0.39 is 0 Å². The Kier molecular flexibility index (Phi) is 5.81. The van der Waals surface area contributed by atoms with E-state index in [0.717, 1.165) is 18.3 Å². The molecule has 0 unspecified atom stereocenters. The van der Waals surface area contributed by atoms with Gasteiger partial charge in [-0.05, 0) is 17.9 Å². The van der Waals surface area contributed by atoms with Crippen LogP contribution in [0, 0.1) is 5.92 Å².